The summed E-state index contributed by atoms with van der Waals surface area (Å²) in [4.78, 5) is 20.7. The predicted octanol–water partition coefficient (Wildman–Crippen LogP) is 2.27. The summed E-state index contributed by atoms with van der Waals surface area (Å²) < 4.78 is 10.6. The Bertz CT molecular complexity index is 745. The number of pyridine rings is 1. The fourth-order valence-corrected chi connectivity index (χ4v) is 2.93. The molecule has 27 heavy (non-hydrogen) atoms. The fraction of sp³-hybridized carbons (Fsp3) is 0.400. The van der Waals surface area contributed by atoms with Crippen LogP contribution in [0.4, 0.5) is 10.6 Å². The molecule has 1 N–H and O–H groups in total. The zero-order valence-corrected chi connectivity index (χ0v) is 15.9. The van der Waals surface area contributed by atoms with E-state index in [1.54, 1.807) is 19.1 Å². The summed E-state index contributed by atoms with van der Waals surface area (Å²) in [5.41, 5.74) is 1.98. The summed E-state index contributed by atoms with van der Waals surface area (Å²) >= 11 is 0. The molecule has 2 amide bonds. The van der Waals surface area contributed by atoms with Crippen molar-refractivity contribution in [2.24, 2.45) is 0 Å². The van der Waals surface area contributed by atoms with Gasteiger partial charge in [-0.15, -0.1) is 0 Å². The molecule has 1 aliphatic heterocycles. The number of rotatable bonds is 6. The van der Waals surface area contributed by atoms with E-state index >= 15 is 0 Å². The number of methoxy groups -OCH3 is 1. The van der Waals surface area contributed by atoms with Gasteiger partial charge in [-0.2, -0.15) is 0 Å². The number of carbonyl (C=O) groups is 1. The molecule has 7 nitrogen and oxygen atoms in total. The molecule has 1 fully saturated rings. The van der Waals surface area contributed by atoms with Crippen LogP contribution in [0.3, 0.4) is 0 Å². The van der Waals surface area contributed by atoms with Crippen LogP contribution in [0.15, 0.2) is 42.6 Å². The average molecular weight is 370 g/mol. The number of anilines is 1. The van der Waals surface area contributed by atoms with Crippen LogP contribution in [0.25, 0.3) is 0 Å². The minimum absolute atomic E-state index is 0.130. The molecule has 3 rings (SSSR count). The zero-order valence-electron chi connectivity index (χ0n) is 15.9. The highest BCUT2D eigenvalue weighted by Crippen LogP contribution is 2.15. The molecule has 0 radical (unpaired) electrons. The van der Waals surface area contributed by atoms with E-state index in [2.05, 4.69) is 15.2 Å². The number of hydrogen-bond acceptors (Lipinski definition) is 5. The van der Waals surface area contributed by atoms with Crippen molar-refractivity contribution < 1.29 is 14.3 Å². The number of urea groups is 1. The molecule has 1 aromatic heterocycles. The van der Waals surface area contributed by atoms with Gasteiger partial charge in [0, 0.05) is 39.4 Å². The lowest BCUT2D eigenvalue weighted by Gasteiger charge is -2.27. The number of ether oxygens (including phenoxy) is 2. The maximum atomic E-state index is 12.3. The van der Waals surface area contributed by atoms with E-state index in [1.807, 2.05) is 42.6 Å². The summed E-state index contributed by atoms with van der Waals surface area (Å²) in [5, 5.41) is 2.93. The predicted molar refractivity (Wildman–Crippen MR) is 104 cm³/mol. The first-order valence-electron chi connectivity index (χ1n) is 9.05. The standard InChI is InChI=1S/C20H26N4O3/c1-23(15-16-4-3-5-18(12-16)26-2)20(25)22-14-17-6-7-19(21-13-17)24-8-10-27-11-9-24/h3-7,12-13H,8-11,14-15H2,1-2H3,(H,22,25). The van der Waals surface area contributed by atoms with Crippen molar-refractivity contribution in [3.63, 3.8) is 0 Å². The lowest BCUT2D eigenvalue weighted by Crippen LogP contribution is -2.37. The zero-order chi connectivity index (χ0) is 19.1. The monoisotopic (exact) mass is 370 g/mol. The molecule has 7 heteroatoms. The van der Waals surface area contributed by atoms with Crippen molar-refractivity contribution in [3.05, 3.63) is 53.7 Å². The number of benzene rings is 1. The van der Waals surface area contributed by atoms with Gasteiger partial charge in [0.2, 0.25) is 0 Å². The first-order chi connectivity index (χ1) is 13.2. The number of hydrogen-bond donors (Lipinski definition) is 1. The molecule has 1 saturated heterocycles. The van der Waals surface area contributed by atoms with Crippen molar-refractivity contribution in [2.75, 3.05) is 45.4 Å². The third-order valence-corrected chi connectivity index (χ3v) is 4.49. The maximum absolute atomic E-state index is 12.3. The fourth-order valence-electron chi connectivity index (χ4n) is 2.93. The Labute approximate surface area is 159 Å². The number of nitrogens with one attached hydrogen (secondary N) is 1. The van der Waals surface area contributed by atoms with Gasteiger partial charge in [-0.05, 0) is 29.3 Å². The van der Waals surface area contributed by atoms with Crippen LogP contribution in [0, 0.1) is 0 Å². The third-order valence-electron chi connectivity index (χ3n) is 4.49. The van der Waals surface area contributed by atoms with Crippen LogP contribution in [0.1, 0.15) is 11.1 Å². The Kier molecular flexibility index (Phi) is 6.49. The topological polar surface area (TPSA) is 66.9 Å². The van der Waals surface area contributed by atoms with E-state index in [0.717, 1.165) is 49.0 Å². The molecule has 0 saturated carbocycles. The smallest absolute Gasteiger partial charge is 0.317 e. The van der Waals surface area contributed by atoms with Gasteiger partial charge in [-0.1, -0.05) is 18.2 Å². The van der Waals surface area contributed by atoms with Crippen molar-refractivity contribution >= 4 is 11.8 Å². The second kappa shape index (κ2) is 9.23. The Balaban J connectivity index is 1.49. The number of amides is 2. The summed E-state index contributed by atoms with van der Waals surface area (Å²) in [7, 11) is 3.41. The second-order valence-corrected chi connectivity index (χ2v) is 6.49. The average Bonchev–Trinajstić information content (AvgIpc) is 2.73. The summed E-state index contributed by atoms with van der Waals surface area (Å²) in [6, 6.07) is 11.6. The molecule has 1 aliphatic rings. The van der Waals surface area contributed by atoms with Gasteiger partial charge < -0.3 is 24.6 Å². The van der Waals surface area contributed by atoms with E-state index in [0.29, 0.717) is 13.1 Å². The van der Waals surface area contributed by atoms with Gasteiger partial charge in [0.05, 0.1) is 20.3 Å². The lowest BCUT2D eigenvalue weighted by atomic mass is 10.2. The third kappa shape index (κ3) is 5.34. The van der Waals surface area contributed by atoms with Crippen LogP contribution in [0.2, 0.25) is 0 Å². The highest BCUT2D eigenvalue weighted by Gasteiger charge is 2.13. The Hall–Kier alpha value is -2.80. The summed E-state index contributed by atoms with van der Waals surface area (Å²) in [6.45, 7) is 4.14. The second-order valence-electron chi connectivity index (χ2n) is 6.49. The van der Waals surface area contributed by atoms with Crippen molar-refractivity contribution in [3.8, 4) is 5.75 Å². The van der Waals surface area contributed by atoms with Gasteiger partial charge in [0.1, 0.15) is 11.6 Å². The van der Waals surface area contributed by atoms with Crippen LogP contribution < -0.4 is 15.0 Å². The van der Waals surface area contributed by atoms with Crippen molar-refractivity contribution in [2.45, 2.75) is 13.1 Å². The van der Waals surface area contributed by atoms with E-state index in [9.17, 15) is 4.79 Å². The normalized spacial score (nSPS) is 13.9. The SMILES string of the molecule is COc1cccc(CN(C)C(=O)NCc2ccc(N3CCOCC3)nc2)c1. The minimum atomic E-state index is -0.130. The first-order valence-corrected chi connectivity index (χ1v) is 9.05. The number of nitrogens with zero attached hydrogens (tertiary/aromatic N) is 3. The number of aromatic nitrogens is 1. The largest absolute Gasteiger partial charge is 0.497 e. The minimum Gasteiger partial charge on any atom is -0.497 e. The van der Waals surface area contributed by atoms with Gasteiger partial charge in [-0.25, -0.2) is 9.78 Å². The molecular formula is C20H26N4O3. The van der Waals surface area contributed by atoms with Gasteiger partial charge >= 0.3 is 6.03 Å². The van der Waals surface area contributed by atoms with Gasteiger partial charge in [0.25, 0.3) is 0 Å². The molecule has 1 aromatic carbocycles. The lowest BCUT2D eigenvalue weighted by molar-refractivity contribution is 0.122. The van der Waals surface area contributed by atoms with E-state index in [1.165, 1.54) is 0 Å². The quantitative estimate of drug-likeness (QED) is 0.845. The van der Waals surface area contributed by atoms with E-state index < -0.39 is 0 Å². The van der Waals surface area contributed by atoms with Gasteiger partial charge in [0.15, 0.2) is 0 Å². The van der Waals surface area contributed by atoms with Gasteiger partial charge in [-0.3, -0.25) is 0 Å². The van der Waals surface area contributed by atoms with Crippen LogP contribution >= 0.6 is 0 Å². The number of carbonyl (C=O) groups excluding carboxylic acids is 1. The molecule has 0 spiro atoms. The molecule has 0 atom stereocenters. The van der Waals surface area contributed by atoms with E-state index in [4.69, 9.17) is 9.47 Å². The molecule has 144 valence electrons. The Morgan fingerprint density at radius 3 is 2.78 bits per heavy atom. The van der Waals surface area contributed by atoms with Crippen molar-refractivity contribution in [1.82, 2.24) is 15.2 Å². The summed E-state index contributed by atoms with van der Waals surface area (Å²) in [5.74, 6) is 1.73. The van der Waals surface area contributed by atoms with E-state index in [-0.39, 0.29) is 6.03 Å². The number of morpholine rings is 1. The maximum Gasteiger partial charge on any atom is 0.317 e. The molecule has 0 bridgehead atoms. The highest BCUT2D eigenvalue weighted by molar-refractivity contribution is 5.73. The molecule has 2 heterocycles. The Morgan fingerprint density at radius 2 is 2.07 bits per heavy atom. The summed E-state index contributed by atoms with van der Waals surface area (Å²) in [6.07, 6.45) is 1.81. The van der Waals surface area contributed by atoms with Crippen LogP contribution in [-0.2, 0) is 17.8 Å². The first kappa shape index (κ1) is 19.0. The van der Waals surface area contributed by atoms with Crippen LogP contribution in [-0.4, -0.2) is 56.4 Å². The molecular weight excluding hydrogens is 344 g/mol. The van der Waals surface area contributed by atoms with Crippen LogP contribution in [0.5, 0.6) is 5.75 Å². The molecule has 0 unspecified atom stereocenters. The van der Waals surface area contributed by atoms with Crippen molar-refractivity contribution in [1.29, 1.82) is 0 Å². The molecule has 2 aromatic rings. The highest BCUT2D eigenvalue weighted by atomic mass is 16.5. The molecule has 0 aliphatic carbocycles. The Morgan fingerprint density at radius 1 is 1.26 bits per heavy atom.